The maximum Gasteiger partial charge on any atom is 0.279 e. The topological polar surface area (TPSA) is 68.0 Å². The summed E-state index contributed by atoms with van der Waals surface area (Å²) >= 11 is 1.45. The van der Waals surface area contributed by atoms with Crippen molar-refractivity contribution in [3.63, 3.8) is 0 Å². The van der Waals surface area contributed by atoms with Crippen LogP contribution in [0.2, 0.25) is 0 Å². The molecule has 0 fully saturated rings. The molecular weight excluding hydrogens is 298 g/mol. The molecular formula is C16H15N3O2S. The predicted molar refractivity (Wildman–Crippen MR) is 86.2 cm³/mol. The molecule has 22 heavy (non-hydrogen) atoms. The van der Waals surface area contributed by atoms with Crippen LogP contribution in [-0.4, -0.2) is 16.0 Å². The number of carbonyl (C=O) groups excluding carboxylic acids is 1. The summed E-state index contributed by atoms with van der Waals surface area (Å²) < 4.78 is 4.67. The molecule has 0 aliphatic carbocycles. The number of rotatable bonds is 3. The lowest BCUT2D eigenvalue weighted by Gasteiger charge is -2.05. The molecule has 1 amide bonds. The standard InChI is InChI=1S/C16H15N3O2S/c1-9-4-5-10(2)12(8-9)14-11(3)22-16(17-14)18-15(20)13-6-7-21-19-13/h4-8H,1-3H3,(H,17,18,20). The van der Waals surface area contributed by atoms with E-state index in [-0.39, 0.29) is 11.6 Å². The summed E-state index contributed by atoms with van der Waals surface area (Å²) in [4.78, 5) is 17.6. The van der Waals surface area contributed by atoms with Gasteiger partial charge in [-0.3, -0.25) is 10.1 Å². The molecule has 112 valence electrons. The fourth-order valence-corrected chi connectivity index (χ4v) is 3.00. The largest absolute Gasteiger partial charge is 0.364 e. The number of hydrogen-bond acceptors (Lipinski definition) is 5. The summed E-state index contributed by atoms with van der Waals surface area (Å²) in [6.45, 7) is 6.11. The second kappa shape index (κ2) is 5.73. The summed E-state index contributed by atoms with van der Waals surface area (Å²) in [5.74, 6) is -0.324. The first-order valence-electron chi connectivity index (χ1n) is 6.81. The number of aromatic nitrogens is 2. The van der Waals surface area contributed by atoms with Gasteiger partial charge in [-0.2, -0.15) is 0 Å². The summed E-state index contributed by atoms with van der Waals surface area (Å²) in [5.41, 5.74) is 4.58. The third-order valence-electron chi connectivity index (χ3n) is 3.34. The smallest absolute Gasteiger partial charge is 0.279 e. The van der Waals surface area contributed by atoms with Crippen LogP contribution >= 0.6 is 11.3 Å². The van der Waals surface area contributed by atoms with Gasteiger partial charge in [0.15, 0.2) is 10.8 Å². The molecule has 0 bridgehead atoms. The van der Waals surface area contributed by atoms with Gasteiger partial charge in [0.05, 0.1) is 5.69 Å². The Kier molecular flexibility index (Phi) is 3.77. The van der Waals surface area contributed by atoms with Crippen LogP contribution in [0.4, 0.5) is 5.13 Å². The lowest BCUT2D eigenvalue weighted by Crippen LogP contribution is -2.11. The van der Waals surface area contributed by atoms with E-state index in [1.165, 1.54) is 29.2 Å². The van der Waals surface area contributed by atoms with Crippen LogP contribution in [0.3, 0.4) is 0 Å². The maximum atomic E-state index is 12.0. The van der Waals surface area contributed by atoms with Gasteiger partial charge in [-0.15, -0.1) is 11.3 Å². The Balaban J connectivity index is 1.91. The summed E-state index contributed by atoms with van der Waals surface area (Å²) in [6.07, 6.45) is 1.36. The van der Waals surface area contributed by atoms with Crippen molar-refractivity contribution in [2.45, 2.75) is 20.8 Å². The van der Waals surface area contributed by atoms with E-state index in [1.54, 1.807) is 0 Å². The molecule has 0 saturated carbocycles. The number of amides is 1. The van der Waals surface area contributed by atoms with Gasteiger partial charge >= 0.3 is 0 Å². The van der Waals surface area contributed by atoms with Gasteiger partial charge in [0.25, 0.3) is 5.91 Å². The van der Waals surface area contributed by atoms with E-state index in [9.17, 15) is 4.79 Å². The van der Waals surface area contributed by atoms with Crippen LogP contribution in [0.5, 0.6) is 0 Å². The van der Waals surface area contributed by atoms with E-state index >= 15 is 0 Å². The molecule has 0 atom stereocenters. The fraction of sp³-hybridized carbons (Fsp3) is 0.188. The average molecular weight is 313 g/mol. The van der Waals surface area contributed by atoms with E-state index in [0.29, 0.717) is 5.13 Å². The maximum absolute atomic E-state index is 12.0. The lowest BCUT2D eigenvalue weighted by molar-refractivity contribution is 0.101. The second-order valence-corrected chi connectivity index (χ2v) is 6.28. The highest BCUT2D eigenvalue weighted by atomic mass is 32.1. The molecule has 0 aliphatic rings. The van der Waals surface area contributed by atoms with Gasteiger partial charge in [0.1, 0.15) is 6.26 Å². The molecule has 0 unspecified atom stereocenters. The summed E-state index contributed by atoms with van der Waals surface area (Å²) in [5, 5.41) is 6.93. The van der Waals surface area contributed by atoms with Gasteiger partial charge in [-0.1, -0.05) is 22.9 Å². The lowest BCUT2D eigenvalue weighted by atomic mass is 10.0. The minimum absolute atomic E-state index is 0.237. The number of nitrogens with zero attached hydrogens (tertiary/aromatic N) is 2. The molecule has 6 heteroatoms. The molecule has 0 aliphatic heterocycles. The molecule has 0 radical (unpaired) electrons. The van der Waals surface area contributed by atoms with E-state index in [1.807, 2.05) is 6.92 Å². The molecule has 2 aromatic heterocycles. The zero-order chi connectivity index (χ0) is 15.7. The highest BCUT2D eigenvalue weighted by Crippen LogP contribution is 2.32. The van der Waals surface area contributed by atoms with Crippen LogP contribution in [0.1, 0.15) is 26.5 Å². The minimum Gasteiger partial charge on any atom is -0.364 e. The molecule has 0 saturated heterocycles. The Morgan fingerprint density at radius 2 is 2.05 bits per heavy atom. The van der Waals surface area contributed by atoms with E-state index in [0.717, 1.165) is 21.7 Å². The van der Waals surface area contributed by atoms with Gasteiger partial charge in [0, 0.05) is 16.5 Å². The van der Waals surface area contributed by atoms with Crippen molar-refractivity contribution < 1.29 is 9.32 Å². The van der Waals surface area contributed by atoms with E-state index in [4.69, 9.17) is 0 Å². The van der Waals surface area contributed by atoms with Gasteiger partial charge in [-0.05, 0) is 32.4 Å². The number of nitrogens with one attached hydrogen (secondary N) is 1. The quantitative estimate of drug-likeness (QED) is 0.794. The normalized spacial score (nSPS) is 10.7. The van der Waals surface area contributed by atoms with Gasteiger partial charge in [0.2, 0.25) is 0 Å². The Morgan fingerprint density at radius 3 is 2.77 bits per heavy atom. The average Bonchev–Trinajstić information content (AvgIpc) is 3.11. The number of anilines is 1. The van der Waals surface area contributed by atoms with Crippen molar-refractivity contribution in [2.75, 3.05) is 5.32 Å². The Morgan fingerprint density at radius 1 is 1.23 bits per heavy atom. The van der Waals surface area contributed by atoms with E-state index in [2.05, 4.69) is 52.0 Å². The van der Waals surface area contributed by atoms with Crippen molar-refractivity contribution in [3.8, 4) is 11.3 Å². The van der Waals surface area contributed by atoms with Crippen molar-refractivity contribution in [1.29, 1.82) is 0 Å². The van der Waals surface area contributed by atoms with Crippen LogP contribution in [0.25, 0.3) is 11.3 Å². The Bertz CT molecular complexity index is 822. The third kappa shape index (κ3) is 2.78. The zero-order valence-electron chi connectivity index (χ0n) is 12.5. The third-order valence-corrected chi connectivity index (χ3v) is 4.22. The number of carbonyl (C=O) groups is 1. The van der Waals surface area contributed by atoms with Crippen LogP contribution in [-0.2, 0) is 0 Å². The molecule has 3 aromatic rings. The monoisotopic (exact) mass is 313 g/mol. The van der Waals surface area contributed by atoms with Crippen LogP contribution in [0, 0.1) is 20.8 Å². The van der Waals surface area contributed by atoms with Gasteiger partial charge < -0.3 is 4.52 Å². The first-order chi connectivity index (χ1) is 10.5. The Labute approximate surface area is 132 Å². The number of aryl methyl sites for hydroxylation is 3. The van der Waals surface area contributed by atoms with Crippen LogP contribution in [0.15, 0.2) is 35.1 Å². The molecule has 1 aromatic carbocycles. The SMILES string of the molecule is Cc1ccc(C)c(-c2nc(NC(=O)c3ccon3)sc2C)c1. The molecule has 5 nitrogen and oxygen atoms in total. The number of benzene rings is 1. The Hall–Kier alpha value is -2.47. The molecule has 2 heterocycles. The first kappa shape index (κ1) is 14.5. The molecule has 0 spiro atoms. The van der Waals surface area contributed by atoms with E-state index < -0.39 is 0 Å². The van der Waals surface area contributed by atoms with Crippen molar-refractivity contribution in [1.82, 2.24) is 10.1 Å². The highest BCUT2D eigenvalue weighted by molar-refractivity contribution is 7.16. The van der Waals surface area contributed by atoms with Crippen molar-refractivity contribution in [2.24, 2.45) is 0 Å². The predicted octanol–water partition coefficient (Wildman–Crippen LogP) is 3.98. The summed E-state index contributed by atoms with van der Waals surface area (Å²) in [7, 11) is 0. The van der Waals surface area contributed by atoms with Crippen molar-refractivity contribution in [3.05, 3.63) is 52.2 Å². The highest BCUT2D eigenvalue weighted by Gasteiger charge is 2.15. The van der Waals surface area contributed by atoms with Crippen molar-refractivity contribution >= 4 is 22.4 Å². The van der Waals surface area contributed by atoms with Gasteiger partial charge in [-0.25, -0.2) is 4.98 Å². The van der Waals surface area contributed by atoms with Crippen LogP contribution < -0.4 is 5.32 Å². The molecule has 3 rings (SSSR count). The second-order valence-electron chi connectivity index (χ2n) is 5.08. The fourth-order valence-electron chi connectivity index (χ4n) is 2.18. The first-order valence-corrected chi connectivity index (χ1v) is 7.63. The zero-order valence-corrected chi connectivity index (χ0v) is 13.3. The summed E-state index contributed by atoms with van der Waals surface area (Å²) in [6, 6.07) is 7.78. The number of thiazole rings is 1. The number of hydrogen-bond donors (Lipinski definition) is 1. The molecule has 1 N–H and O–H groups in total. The minimum atomic E-state index is -0.324.